The van der Waals surface area contributed by atoms with Crippen molar-refractivity contribution in [3.8, 4) is 0 Å². The lowest BCUT2D eigenvalue weighted by Crippen LogP contribution is -2.36. The van der Waals surface area contributed by atoms with Gasteiger partial charge in [-0.1, -0.05) is 47.0 Å². The zero-order valence-electron chi connectivity index (χ0n) is 9.37. The van der Waals surface area contributed by atoms with Crippen LogP contribution in [0.15, 0.2) is 21.7 Å². The van der Waals surface area contributed by atoms with Crippen LogP contribution in [0.1, 0.15) is 12.8 Å². The van der Waals surface area contributed by atoms with Gasteiger partial charge in [-0.15, -0.1) is 0 Å². The van der Waals surface area contributed by atoms with E-state index in [1.807, 2.05) is 12.2 Å². The van der Waals surface area contributed by atoms with E-state index >= 15 is 0 Å². The third-order valence-electron chi connectivity index (χ3n) is 2.65. The summed E-state index contributed by atoms with van der Waals surface area (Å²) in [5.41, 5.74) is 5.24. The molecule has 1 aliphatic rings. The maximum Gasteiger partial charge on any atom is 0.310 e. The van der Waals surface area contributed by atoms with Crippen LogP contribution < -0.4 is 5.73 Å². The lowest BCUT2D eigenvalue weighted by molar-refractivity contribution is -0.151. The molecule has 2 N–H and O–H groups in total. The second-order valence-corrected chi connectivity index (χ2v) is 5.24. The van der Waals surface area contributed by atoms with E-state index in [9.17, 15) is 9.59 Å². The van der Waals surface area contributed by atoms with Crippen molar-refractivity contribution in [3.63, 3.8) is 0 Å². The van der Waals surface area contributed by atoms with Crippen LogP contribution in [-0.4, -0.2) is 18.5 Å². The number of primary amides is 1. The Kier molecular flexibility index (Phi) is 5.99. The Labute approximate surface area is 120 Å². The number of hydrogen-bond donors (Lipinski definition) is 1. The normalized spacial score (nSPS) is 22.4. The Balaban J connectivity index is 2.63. The lowest BCUT2D eigenvalue weighted by Gasteiger charge is -2.24. The van der Waals surface area contributed by atoms with Crippen LogP contribution in [0.5, 0.6) is 0 Å². The standard InChI is InChI=1S/C11H12Cl3NO3/c12-8(9(13)14)5-18-11(17)7-4-2-1-3-6(7)10(15)16/h1-2,6-7H,3-5H2,(H2,15,16)/t6-,7+/m0/s1. The lowest BCUT2D eigenvalue weighted by atomic mass is 9.82. The number of nitrogens with two attached hydrogens (primary N) is 1. The molecule has 0 aliphatic heterocycles. The van der Waals surface area contributed by atoms with Crippen molar-refractivity contribution in [2.45, 2.75) is 12.8 Å². The summed E-state index contributed by atoms with van der Waals surface area (Å²) >= 11 is 16.5. The average Bonchev–Trinajstić information content (AvgIpc) is 2.35. The monoisotopic (exact) mass is 311 g/mol. The van der Waals surface area contributed by atoms with Crippen LogP contribution in [0.25, 0.3) is 0 Å². The van der Waals surface area contributed by atoms with Gasteiger partial charge in [-0.05, 0) is 12.8 Å². The Morgan fingerprint density at radius 1 is 1.17 bits per heavy atom. The minimum Gasteiger partial charge on any atom is -0.460 e. The molecule has 0 saturated heterocycles. The molecule has 0 unspecified atom stereocenters. The van der Waals surface area contributed by atoms with Crippen molar-refractivity contribution in [2.75, 3.05) is 6.61 Å². The maximum absolute atomic E-state index is 11.8. The van der Waals surface area contributed by atoms with Gasteiger partial charge in [0.25, 0.3) is 0 Å². The molecule has 0 heterocycles. The Bertz CT molecular complexity index is 402. The van der Waals surface area contributed by atoms with Crippen molar-refractivity contribution < 1.29 is 14.3 Å². The summed E-state index contributed by atoms with van der Waals surface area (Å²) in [4.78, 5) is 23.0. The molecule has 7 heteroatoms. The summed E-state index contributed by atoms with van der Waals surface area (Å²) in [6.07, 6.45) is 4.50. The molecule has 18 heavy (non-hydrogen) atoms. The number of carbonyl (C=O) groups is 2. The highest BCUT2D eigenvalue weighted by Crippen LogP contribution is 2.27. The molecular weight excluding hydrogens is 300 g/mol. The van der Waals surface area contributed by atoms with Crippen molar-refractivity contribution >= 4 is 46.7 Å². The molecule has 0 fully saturated rings. The minimum absolute atomic E-state index is 0.0358. The van der Waals surface area contributed by atoms with Gasteiger partial charge < -0.3 is 10.5 Å². The van der Waals surface area contributed by atoms with Gasteiger partial charge in [-0.25, -0.2) is 0 Å². The molecule has 1 amide bonds. The topological polar surface area (TPSA) is 69.4 Å². The SMILES string of the molecule is NC(=O)[C@H]1CC=CC[C@H]1C(=O)OCC(Cl)=C(Cl)Cl. The number of hydrogen-bond acceptors (Lipinski definition) is 3. The molecule has 0 spiro atoms. The zero-order valence-corrected chi connectivity index (χ0v) is 11.6. The smallest absolute Gasteiger partial charge is 0.310 e. The van der Waals surface area contributed by atoms with Crippen LogP contribution >= 0.6 is 34.8 Å². The minimum atomic E-state index is -0.578. The first-order valence-electron chi connectivity index (χ1n) is 5.24. The summed E-state index contributed by atoms with van der Waals surface area (Å²) in [7, 11) is 0. The fourth-order valence-corrected chi connectivity index (χ4v) is 1.85. The van der Waals surface area contributed by atoms with Crippen LogP contribution in [0.3, 0.4) is 0 Å². The van der Waals surface area contributed by atoms with Crippen LogP contribution in [-0.2, 0) is 14.3 Å². The summed E-state index contributed by atoms with van der Waals surface area (Å²) < 4.78 is 4.79. The molecule has 100 valence electrons. The molecule has 2 atom stereocenters. The second-order valence-electron chi connectivity index (χ2n) is 3.83. The van der Waals surface area contributed by atoms with Crippen LogP contribution in [0, 0.1) is 11.8 Å². The van der Waals surface area contributed by atoms with E-state index in [0.29, 0.717) is 12.8 Å². The van der Waals surface area contributed by atoms with Gasteiger partial charge in [-0.2, -0.15) is 0 Å². The molecule has 4 nitrogen and oxygen atoms in total. The number of esters is 1. The van der Waals surface area contributed by atoms with Gasteiger partial charge in [-0.3, -0.25) is 9.59 Å². The van der Waals surface area contributed by atoms with Gasteiger partial charge in [0.2, 0.25) is 5.91 Å². The third kappa shape index (κ3) is 4.19. The fourth-order valence-electron chi connectivity index (χ4n) is 1.69. The summed E-state index contributed by atoms with van der Waals surface area (Å²) in [5.74, 6) is -2.17. The van der Waals surface area contributed by atoms with Gasteiger partial charge in [0.1, 0.15) is 11.1 Å². The molecule has 0 aromatic heterocycles. The molecule has 0 bridgehead atoms. The molecule has 1 aliphatic carbocycles. The molecular formula is C11H12Cl3NO3. The largest absolute Gasteiger partial charge is 0.460 e. The number of allylic oxidation sites excluding steroid dienone is 2. The summed E-state index contributed by atoms with van der Waals surface area (Å²) in [6, 6.07) is 0. The number of carbonyl (C=O) groups excluding carboxylic acids is 2. The highest BCUT2D eigenvalue weighted by molar-refractivity contribution is 6.59. The number of amides is 1. The number of halogens is 3. The molecule has 0 aromatic carbocycles. The van der Waals surface area contributed by atoms with E-state index in [1.165, 1.54) is 0 Å². The first-order valence-corrected chi connectivity index (χ1v) is 6.37. The highest BCUT2D eigenvalue weighted by Gasteiger charge is 2.33. The maximum atomic E-state index is 11.8. The number of rotatable bonds is 4. The Morgan fingerprint density at radius 2 is 1.72 bits per heavy atom. The predicted octanol–water partition coefficient (Wildman–Crippen LogP) is 2.48. The average molecular weight is 313 g/mol. The van der Waals surface area contributed by atoms with Crippen molar-refractivity contribution in [2.24, 2.45) is 17.6 Å². The quantitative estimate of drug-likeness (QED) is 0.640. The third-order valence-corrected chi connectivity index (χ3v) is 3.59. The van der Waals surface area contributed by atoms with Crippen molar-refractivity contribution in [1.82, 2.24) is 0 Å². The first kappa shape index (κ1) is 15.3. The van der Waals surface area contributed by atoms with Crippen molar-refractivity contribution in [1.29, 1.82) is 0 Å². The van der Waals surface area contributed by atoms with E-state index in [2.05, 4.69) is 0 Å². The van der Waals surface area contributed by atoms with E-state index < -0.39 is 23.7 Å². The zero-order chi connectivity index (χ0) is 13.7. The van der Waals surface area contributed by atoms with Gasteiger partial charge >= 0.3 is 5.97 Å². The van der Waals surface area contributed by atoms with E-state index in [0.717, 1.165) is 0 Å². The van der Waals surface area contributed by atoms with E-state index in [1.54, 1.807) is 0 Å². The van der Waals surface area contributed by atoms with Gasteiger partial charge in [0.15, 0.2) is 0 Å². The summed E-state index contributed by atoms with van der Waals surface area (Å²) in [5, 5.41) is 0.0358. The van der Waals surface area contributed by atoms with Crippen LogP contribution in [0.4, 0.5) is 0 Å². The highest BCUT2D eigenvalue weighted by atomic mass is 35.5. The van der Waals surface area contributed by atoms with Crippen molar-refractivity contribution in [3.05, 3.63) is 21.7 Å². The van der Waals surface area contributed by atoms with Gasteiger partial charge in [0, 0.05) is 0 Å². The van der Waals surface area contributed by atoms with Gasteiger partial charge in [0.05, 0.1) is 16.9 Å². The first-order chi connectivity index (χ1) is 8.43. The Morgan fingerprint density at radius 3 is 2.22 bits per heavy atom. The second kappa shape index (κ2) is 7.02. The summed E-state index contributed by atoms with van der Waals surface area (Å²) in [6.45, 7) is -0.214. The van der Waals surface area contributed by atoms with E-state index in [-0.39, 0.29) is 16.1 Å². The molecule has 0 saturated carbocycles. The Hall–Kier alpha value is -0.710. The van der Waals surface area contributed by atoms with Crippen LogP contribution in [0.2, 0.25) is 0 Å². The predicted molar refractivity (Wildman–Crippen MR) is 70.1 cm³/mol. The molecule has 1 rings (SSSR count). The molecule has 0 radical (unpaired) electrons. The fraction of sp³-hybridized carbons (Fsp3) is 0.455. The van der Waals surface area contributed by atoms with E-state index in [4.69, 9.17) is 45.3 Å². The molecule has 0 aromatic rings. The number of ether oxygens (including phenoxy) is 1.